The van der Waals surface area contributed by atoms with Crippen LogP contribution in [0.1, 0.15) is 18.2 Å². The first-order chi connectivity index (χ1) is 8.65. The van der Waals surface area contributed by atoms with Crippen molar-refractivity contribution in [3.63, 3.8) is 0 Å². The predicted octanol–water partition coefficient (Wildman–Crippen LogP) is 3.32. The van der Waals surface area contributed by atoms with Gasteiger partial charge >= 0.3 is 0 Å². The highest BCUT2D eigenvalue weighted by Gasteiger charge is 2.09. The third-order valence-electron chi connectivity index (χ3n) is 3.08. The number of anilines is 1. The minimum atomic E-state index is -0.529. The Kier molecular flexibility index (Phi) is 4.15. The lowest BCUT2D eigenvalue weighted by Gasteiger charge is -2.09. The zero-order valence-electron chi connectivity index (χ0n) is 10.7. The summed E-state index contributed by atoms with van der Waals surface area (Å²) in [5, 5.41) is 13.7. The number of nitrogens with one attached hydrogen (secondary N) is 1. The maximum Gasteiger partial charge on any atom is 0.134 e. The fraction of sp³-hybridized carbons (Fsp3) is 0.429. The lowest BCUT2D eigenvalue weighted by atomic mass is 10.1. The molecule has 2 N–H and O–H groups in total. The van der Waals surface area contributed by atoms with Crippen molar-refractivity contribution >= 4 is 28.3 Å². The van der Waals surface area contributed by atoms with Gasteiger partial charge in [-0.1, -0.05) is 6.92 Å². The van der Waals surface area contributed by atoms with Gasteiger partial charge in [0.05, 0.1) is 12.0 Å². The van der Waals surface area contributed by atoms with E-state index >= 15 is 0 Å². The highest BCUT2D eigenvalue weighted by molar-refractivity contribution is 6.18. The molecule has 1 aromatic carbocycles. The van der Waals surface area contributed by atoms with Crippen molar-refractivity contribution in [1.82, 2.24) is 0 Å². The molecule has 18 heavy (non-hydrogen) atoms. The first kappa shape index (κ1) is 13.2. The summed E-state index contributed by atoms with van der Waals surface area (Å²) >= 11 is 5.56. The highest BCUT2D eigenvalue weighted by atomic mass is 35.5. The molecule has 0 saturated carbocycles. The van der Waals surface area contributed by atoms with Crippen LogP contribution in [-0.4, -0.2) is 23.6 Å². The number of alkyl halides is 1. The van der Waals surface area contributed by atoms with Crippen LogP contribution in [-0.2, 0) is 6.42 Å². The SMILES string of the molecule is CCc1oc2ccc(NCC(O)CCl)cc2c1C. The number of furan rings is 1. The lowest BCUT2D eigenvalue weighted by molar-refractivity contribution is 0.211. The largest absolute Gasteiger partial charge is 0.461 e. The molecule has 2 rings (SSSR count). The van der Waals surface area contributed by atoms with Crippen molar-refractivity contribution in [2.75, 3.05) is 17.7 Å². The van der Waals surface area contributed by atoms with Crippen molar-refractivity contribution in [2.45, 2.75) is 26.4 Å². The maximum absolute atomic E-state index is 9.42. The molecule has 0 spiro atoms. The van der Waals surface area contributed by atoms with Gasteiger partial charge in [0.15, 0.2) is 0 Å². The van der Waals surface area contributed by atoms with E-state index in [9.17, 15) is 5.11 Å². The molecular weight excluding hydrogens is 250 g/mol. The number of rotatable bonds is 5. The molecule has 0 aliphatic rings. The quantitative estimate of drug-likeness (QED) is 0.817. The van der Waals surface area contributed by atoms with Gasteiger partial charge in [-0.05, 0) is 30.7 Å². The second-order valence-corrected chi connectivity index (χ2v) is 4.71. The minimum absolute atomic E-state index is 0.236. The summed E-state index contributed by atoms with van der Waals surface area (Å²) in [6, 6.07) is 5.96. The number of fused-ring (bicyclic) bond motifs is 1. The van der Waals surface area contributed by atoms with Crippen LogP contribution in [0, 0.1) is 6.92 Å². The standard InChI is InChI=1S/C14H18ClNO2/c1-3-13-9(2)12-6-10(4-5-14(12)18-13)16-8-11(17)7-15/h4-6,11,16-17H,3,7-8H2,1-2H3. The van der Waals surface area contributed by atoms with Gasteiger partial charge in [-0.15, -0.1) is 11.6 Å². The molecule has 0 fully saturated rings. The summed E-state index contributed by atoms with van der Waals surface area (Å²) in [5.41, 5.74) is 3.07. The van der Waals surface area contributed by atoms with Crippen molar-refractivity contribution < 1.29 is 9.52 Å². The van der Waals surface area contributed by atoms with E-state index in [1.54, 1.807) is 0 Å². The van der Waals surface area contributed by atoms with E-state index in [0.29, 0.717) is 6.54 Å². The van der Waals surface area contributed by atoms with Crippen LogP contribution in [0.5, 0.6) is 0 Å². The van der Waals surface area contributed by atoms with Gasteiger partial charge in [0.25, 0.3) is 0 Å². The second kappa shape index (κ2) is 5.63. The van der Waals surface area contributed by atoms with Gasteiger partial charge in [-0.25, -0.2) is 0 Å². The van der Waals surface area contributed by atoms with Gasteiger partial charge in [0, 0.05) is 24.0 Å². The zero-order chi connectivity index (χ0) is 13.1. The number of benzene rings is 1. The average Bonchev–Trinajstić information content (AvgIpc) is 2.72. The molecule has 0 bridgehead atoms. The van der Waals surface area contributed by atoms with Gasteiger partial charge in [0.1, 0.15) is 11.3 Å². The van der Waals surface area contributed by atoms with E-state index in [-0.39, 0.29) is 5.88 Å². The van der Waals surface area contributed by atoms with Crippen molar-refractivity contribution in [3.8, 4) is 0 Å². The third-order valence-corrected chi connectivity index (χ3v) is 3.43. The first-order valence-electron chi connectivity index (χ1n) is 6.15. The Morgan fingerprint density at radius 2 is 2.22 bits per heavy atom. The lowest BCUT2D eigenvalue weighted by Crippen LogP contribution is -2.20. The van der Waals surface area contributed by atoms with Crippen molar-refractivity contribution in [2.24, 2.45) is 0 Å². The number of hydrogen-bond donors (Lipinski definition) is 2. The molecule has 3 nitrogen and oxygen atoms in total. The molecule has 1 heterocycles. The van der Waals surface area contributed by atoms with Gasteiger partial charge in [-0.2, -0.15) is 0 Å². The van der Waals surface area contributed by atoms with E-state index in [2.05, 4.69) is 19.2 Å². The molecule has 0 aliphatic carbocycles. The Labute approximate surface area is 112 Å². The summed E-state index contributed by atoms with van der Waals surface area (Å²) in [5.74, 6) is 1.27. The topological polar surface area (TPSA) is 45.4 Å². The predicted molar refractivity (Wildman–Crippen MR) is 75.5 cm³/mol. The van der Waals surface area contributed by atoms with Crippen LogP contribution in [0.4, 0.5) is 5.69 Å². The molecule has 2 aromatic rings. The molecule has 4 heteroatoms. The zero-order valence-corrected chi connectivity index (χ0v) is 11.4. The molecule has 1 unspecified atom stereocenters. The average molecular weight is 268 g/mol. The van der Waals surface area contributed by atoms with Crippen LogP contribution in [0.25, 0.3) is 11.0 Å². The second-order valence-electron chi connectivity index (χ2n) is 4.40. The van der Waals surface area contributed by atoms with Crippen LogP contribution < -0.4 is 5.32 Å². The Morgan fingerprint density at radius 1 is 1.44 bits per heavy atom. The number of aliphatic hydroxyl groups is 1. The molecule has 0 aliphatic heterocycles. The van der Waals surface area contributed by atoms with E-state index < -0.39 is 6.10 Å². The van der Waals surface area contributed by atoms with Crippen molar-refractivity contribution in [1.29, 1.82) is 0 Å². The fourth-order valence-electron chi connectivity index (χ4n) is 2.01. The van der Waals surface area contributed by atoms with Crippen LogP contribution >= 0.6 is 11.6 Å². The molecule has 1 atom stereocenters. The summed E-state index contributed by atoms with van der Waals surface area (Å²) in [7, 11) is 0. The van der Waals surface area contributed by atoms with Gasteiger partial charge < -0.3 is 14.8 Å². The minimum Gasteiger partial charge on any atom is -0.461 e. The monoisotopic (exact) mass is 267 g/mol. The summed E-state index contributed by atoms with van der Waals surface area (Å²) in [4.78, 5) is 0. The number of aryl methyl sites for hydroxylation is 2. The van der Waals surface area contributed by atoms with E-state index in [1.165, 1.54) is 5.56 Å². The van der Waals surface area contributed by atoms with Crippen LogP contribution in [0.2, 0.25) is 0 Å². The Morgan fingerprint density at radius 3 is 2.89 bits per heavy atom. The fourth-order valence-corrected chi connectivity index (χ4v) is 2.12. The Bertz CT molecular complexity index is 536. The Hall–Kier alpha value is -1.19. The van der Waals surface area contributed by atoms with Gasteiger partial charge in [-0.3, -0.25) is 0 Å². The molecule has 1 aromatic heterocycles. The summed E-state index contributed by atoms with van der Waals surface area (Å²) in [6.45, 7) is 4.61. The van der Waals surface area contributed by atoms with E-state index in [4.69, 9.17) is 16.0 Å². The maximum atomic E-state index is 9.42. The van der Waals surface area contributed by atoms with Crippen molar-refractivity contribution in [3.05, 3.63) is 29.5 Å². The van der Waals surface area contributed by atoms with Crippen LogP contribution in [0.15, 0.2) is 22.6 Å². The molecule has 0 radical (unpaired) electrons. The third kappa shape index (κ3) is 2.62. The molecule has 98 valence electrons. The normalized spacial score (nSPS) is 12.9. The summed E-state index contributed by atoms with van der Waals surface area (Å²) in [6.07, 6.45) is 0.368. The highest BCUT2D eigenvalue weighted by Crippen LogP contribution is 2.28. The van der Waals surface area contributed by atoms with E-state index in [0.717, 1.165) is 28.8 Å². The molecule has 0 amide bonds. The Balaban J connectivity index is 2.23. The van der Waals surface area contributed by atoms with E-state index in [1.807, 2.05) is 18.2 Å². The summed E-state index contributed by atoms with van der Waals surface area (Å²) < 4.78 is 5.75. The van der Waals surface area contributed by atoms with Crippen LogP contribution in [0.3, 0.4) is 0 Å². The number of hydrogen-bond acceptors (Lipinski definition) is 3. The first-order valence-corrected chi connectivity index (χ1v) is 6.69. The number of aliphatic hydroxyl groups excluding tert-OH is 1. The smallest absolute Gasteiger partial charge is 0.134 e. The molecule has 0 saturated heterocycles. The van der Waals surface area contributed by atoms with Gasteiger partial charge in [0.2, 0.25) is 0 Å². The molecular formula is C14H18ClNO2. The number of halogens is 1.